The molecular weight excluding hydrogens is 352 g/mol. The number of benzene rings is 1. The highest BCUT2D eigenvalue weighted by Crippen LogP contribution is 2.29. The van der Waals surface area contributed by atoms with Gasteiger partial charge in [-0.15, -0.1) is 11.6 Å². The van der Waals surface area contributed by atoms with E-state index in [-0.39, 0.29) is 0 Å². The molecule has 1 aromatic heterocycles. The van der Waals surface area contributed by atoms with Gasteiger partial charge < -0.3 is 4.74 Å². The lowest BCUT2D eigenvalue weighted by Gasteiger charge is -2.09. The maximum Gasteiger partial charge on any atom is 0.132 e. The first-order valence-corrected chi connectivity index (χ1v) is 8.60. The van der Waals surface area contributed by atoms with Crippen molar-refractivity contribution in [3.63, 3.8) is 0 Å². The first kappa shape index (κ1) is 14.9. The third-order valence-corrected chi connectivity index (χ3v) is 4.97. The lowest BCUT2D eigenvalue weighted by molar-refractivity contribution is 0.297. The molecule has 1 heterocycles. The molecule has 0 atom stereocenters. The average Bonchev–Trinajstić information content (AvgIpc) is 3.17. The van der Waals surface area contributed by atoms with Crippen LogP contribution in [0.15, 0.2) is 34.9 Å². The zero-order valence-electron chi connectivity index (χ0n) is 11.8. The smallest absolute Gasteiger partial charge is 0.132 e. The van der Waals surface area contributed by atoms with E-state index in [2.05, 4.69) is 31.9 Å². The summed E-state index contributed by atoms with van der Waals surface area (Å²) in [4.78, 5) is 0. The minimum Gasteiger partial charge on any atom is -0.487 e. The minimum atomic E-state index is 0.466. The molecule has 0 saturated heterocycles. The van der Waals surface area contributed by atoms with E-state index in [1.54, 1.807) is 0 Å². The van der Waals surface area contributed by atoms with Crippen molar-refractivity contribution in [3.8, 4) is 5.75 Å². The second-order valence-corrected chi connectivity index (χ2v) is 6.52. The van der Waals surface area contributed by atoms with E-state index < -0.39 is 0 Å². The van der Waals surface area contributed by atoms with Gasteiger partial charge in [0, 0.05) is 16.5 Å². The molecular formula is C16H18BrClN2O. The van der Waals surface area contributed by atoms with E-state index in [0.717, 1.165) is 21.5 Å². The highest BCUT2D eigenvalue weighted by atomic mass is 79.9. The van der Waals surface area contributed by atoms with Crippen molar-refractivity contribution in [2.75, 3.05) is 0 Å². The maximum atomic E-state index is 5.90. The number of aromatic nitrogens is 2. The summed E-state index contributed by atoms with van der Waals surface area (Å²) in [6.07, 6.45) is 7.19. The molecule has 1 aromatic carbocycles. The molecule has 3 rings (SSSR count). The Morgan fingerprint density at radius 3 is 2.86 bits per heavy atom. The van der Waals surface area contributed by atoms with Gasteiger partial charge in [0.15, 0.2) is 0 Å². The zero-order chi connectivity index (χ0) is 14.7. The number of nitrogens with zero attached hydrogens (tertiary/aromatic N) is 2. The predicted octanol–water partition coefficient (Wildman–Crippen LogP) is 5.08. The first-order valence-electron chi connectivity index (χ1n) is 7.27. The Balaban J connectivity index is 1.62. The molecule has 0 aliphatic heterocycles. The van der Waals surface area contributed by atoms with E-state index in [9.17, 15) is 0 Å². The Kier molecular flexibility index (Phi) is 4.86. The van der Waals surface area contributed by atoms with Gasteiger partial charge in [-0.05, 0) is 42.7 Å². The van der Waals surface area contributed by atoms with Gasteiger partial charge in [-0.2, -0.15) is 5.10 Å². The molecule has 3 nitrogen and oxygen atoms in total. The minimum absolute atomic E-state index is 0.466. The van der Waals surface area contributed by atoms with Crippen LogP contribution < -0.4 is 4.74 Å². The van der Waals surface area contributed by atoms with E-state index in [1.807, 2.05) is 24.3 Å². The Morgan fingerprint density at radius 1 is 1.29 bits per heavy atom. The van der Waals surface area contributed by atoms with Crippen LogP contribution in [0.2, 0.25) is 0 Å². The third kappa shape index (κ3) is 3.61. The molecule has 0 bridgehead atoms. The molecule has 2 aromatic rings. The van der Waals surface area contributed by atoms with Crippen molar-refractivity contribution in [1.29, 1.82) is 0 Å². The van der Waals surface area contributed by atoms with Crippen LogP contribution in [-0.2, 0) is 12.5 Å². The molecule has 21 heavy (non-hydrogen) atoms. The van der Waals surface area contributed by atoms with Gasteiger partial charge in [-0.25, -0.2) is 0 Å². The quantitative estimate of drug-likeness (QED) is 0.687. The Morgan fingerprint density at radius 2 is 2.10 bits per heavy atom. The van der Waals surface area contributed by atoms with E-state index in [1.165, 1.54) is 25.7 Å². The standard InChI is InChI=1S/C16H18BrClN2O/c17-16-6-5-15(9-12(16)10-18)21-11-13-7-8-20(19-13)14-3-1-2-4-14/h5-9,14H,1-4,10-11H2. The molecule has 1 aliphatic rings. The van der Waals surface area contributed by atoms with Gasteiger partial charge in [0.2, 0.25) is 0 Å². The highest BCUT2D eigenvalue weighted by Gasteiger charge is 2.17. The number of rotatable bonds is 5. The van der Waals surface area contributed by atoms with Crippen LogP contribution in [0, 0.1) is 0 Å². The predicted molar refractivity (Wildman–Crippen MR) is 87.8 cm³/mol. The summed E-state index contributed by atoms with van der Waals surface area (Å²) in [6, 6.07) is 8.48. The second-order valence-electron chi connectivity index (χ2n) is 5.40. The summed E-state index contributed by atoms with van der Waals surface area (Å²) in [5.41, 5.74) is 2.00. The van der Waals surface area contributed by atoms with Gasteiger partial charge in [0.05, 0.1) is 11.7 Å². The van der Waals surface area contributed by atoms with Crippen LogP contribution in [0.4, 0.5) is 0 Å². The van der Waals surface area contributed by atoms with Crippen LogP contribution >= 0.6 is 27.5 Å². The van der Waals surface area contributed by atoms with Crippen molar-refractivity contribution in [1.82, 2.24) is 9.78 Å². The topological polar surface area (TPSA) is 27.1 Å². The molecule has 0 radical (unpaired) electrons. The SMILES string of the molecule is ClCc1cc(OCc2ccn(C3CCCC3)n2)ccc1Br. The fourth-order valence-corrected chi connectivity index (χ4v) is 3.50. The lowest BCUT2D eigenvalue weighted by atomic mass is 10.2. The fourth-order valence-electron chi connectivity index (χ4n) is 2.73. The number of halogens is 2. The third-order valence-electron chi connectivity index (χ3n) is 3.91. The number of hydrogen-bond donors (Lipinski definition) is 0. The maximum absolute atomic E-state index is 5.90. The van der Waals surface area contributed by atoms with Crippen LogP contribution in [-0.4, -0.2) is 9.78 Å². The van der Waals surface area contributed by atoms with Gasteiger partial charge in [0.1, 0.15) is 12.4 Å². The molecule has 1 fully saturated rings. The van der Waals surface area contributed by atoms with E-state index in [4.69, 9.17) is 16.3 Å². The van der Waals surface area contributed by atoms with E-state index in [0.29, 0.717) is 18.5 Å². The largest absolute Gasteiger partial charge is 0.487 e. The molecule has 1 aliphatic carbocycles. The number of alkyl halides is 1. The van der Waals surface area contributed by atoms with Gasteiger partial charge >= 0.3 is 0 Å². The van der Waals surface area contributed by atoms with Crippen LogP contribution in [0.25, 0.3) is 0 Å². The molecule has 0 spiro atoms. The zero-order valence-corrected chi connectivity index (χ0v) is 14.1. The fraction of sp³-hybridized carbons (Fsp3) is 0.438. The number of ether oxygens (including phenoxy) is 1. The monoisotopic (exact) mass is 368 g/mol. The van der Waals surface area contributed by atoms with Crippen LogP contribution in [0.5, 0.6) is 5.75 Å². The molecule has 112 valence electrons. The van der Waals surface area contributed by atoms with Gasteiger partial charge in [-0.1, -0.05) is 28.8 Å². The van der Waals surface area contributed by atoms with Crippen molar-refractivity contribution >= 4 is 27.5 Å². The molecule has 5 heteroatoms. The normalized spacial score (nSPS) is 15.5. The summed E-state index contributed by atoms with van der Waals surface area (Å²) in [5.74, 6) is 1.29. The highest BCUT2D eigenvalue weighted by molar-refractivity contribution is 9.10. The molecule has 0 unspecified atom stereocenters. The van der Waals surface area contributed by atoms with Gasteiger partial charge in [0.25, 0.3) is 0 Å². The molecule has 0 amide bonds. The second kappa shape index (κ2) is 6.84. The summed E-state index contributed by atoms with van der Waals surface area (Å²) >= 11 is 9.37. The number of hydrogen-bond acceptors (Lipinski definition) is 2. The van der Waals surface area contributed by atoms with Crippen molar-refractivity contribution < 1.29 is 4.74 Å². The van der Waals surface area contributed by atoms with Crippen molar-refractivity contribution in [3.05, 3.63) is 46.2 Å². The Hall–Kier alpha value is -1.00. The van der Waals surface area contributed by atoms with Gasteiger partial charge in [-0.3, -0.25) is 4.68 Å². The van der Waals surface area contributed by atoms with Crippen LogP contribution in [0.1, 0.15) is 43.0 Å². The summed E-state index contributed by atoms with van der Waals surface area (Å²) in [5, 5.41) is 4.62. The summed E-state index contributed by atoms with van der Waals surface area (Å²) in [6.45, 7) is 0.489. The van der Waals surface area contributed by atoms with Crippen LogP contribution in [0.3, 0.4) is 0 Å². The van der Waals surface area contributed by atoms with E-state index >= 15 is 0 Å². The Bertz CT molecular complexity index is 608. The summed E-state index contributed by atoms with van der Waals surface area (Å²) < 4.78 is 8.91. The molecule has 1 saturated carbocycles. The van der Waals surface area contributed by atoms with Crippen molar-refractivity contribution in [2.24, 2.45) is 0 Å². The van der Waals surface area contributed by atoms with Crippen molar-refractivity contribution in [2.45, 2.75) is 44.2 Å². The lowest BCUT2D eigenvalue weighted by Crippen LogP contribution is -2.06. The summed E-state index contributed by atoms with van der Waals surface area (Å²) in [7, 11) is 0. The molecule has 0 N–H and O–H groups in total. The Labute approximate surface area is 138 Å². The first-order chi connectivity index (χ1) is 10.3. The average molecular weight is 370 g/mol.